The van der Waals surface area contributed by atoms with Crippen molar-refractivity contribution in [2.75, 3.05) is 0 Å². The number of hydrogen-bond acceptors (Lipinski definition) is 1. The first-order valence-electron chi connectivity index (χ1n) is 8.64. The summed E-state index contributed by atoms with van der Waals surface area (Å²) >= 11 is 0. The van der Waals surface area contributed by atoms with Crippen molar-refractivity contribution >= 4 is 0 Å². The molecule has 0 radical (unpaired) electrons. The van der Waals surface area contributed by atoms with E-state index in [0.717, 1.165) is 12.8 Å². The molecule has 0 unspecified atom stereocenters. The second-order valence-corrected chi connectivity index (χ2v) is 5.91. The average molecular weight is 268 g/mol. The van der Waals surface area contributed by atoms with Gasteiger partial charge in [0.2, 0.25) is 0 Å². The standard InChI is InChI=1S/C18H36O/c1-3-4-5-6-7-8-9-10-11-12-13-14-15-16-17-18(2)19/h19H,2-17H2,1H3. The topological polar surface area (TPSA) is 20.2 Å². The molecule has 1 nitrogen and oxygen atoms in total. The van der Waals surface area contributed by atoms with Gasteiger partial charge in [-0.15, -0.1) is 0 Å². The van der Waals surface area contributed by atoms with E-state index < -0.39 is 0 Å². The van der Waals surface area contributed by atoms with Gasteiger partial charge in [-0.3, -0.25) is 0 Å². The minimum atomic E-state index is 0.346. The molecule has 0 rings (SSSR count). The highest BCUT2D eigenvalue weighted by molar-refractivity contribution is 4.77. The second-order valence-electron chi connectivity index (χ2n) is 5.91. The Hall–Kier alpha value is -0.460. The van der Waals surface area contributed by atoms with Gasteiger partial charge in [0, 0.05) is 6.42 Å². The molecule has 0 amide bonds. The minimum absolute atomic E-state index is 0.346. The lowest BCUT2D eigenvalue weighted by Gasteiger charge is -2.03. The summed E-state index contributed by atoms with van der Waals surface area (Å²) in [6.45, 7) is 5.79. The van der Waals surface area contributed by atoms with Crippen LogP contribution in [0.4, 0.5) is 0 Å². The third-order valence-electron chi connectivity index (χ3n) is 3.82. The number of hydrogen-bond donors (Lipinski definition) is 1. The lowest BCUT2D eigenvalue weighted by Crippen LogP contribution is -1.84. The highest BCUT2D eigenvalue weighted by atomic mass is 16.3. The molecular weight excluding hydrogens is 232 g/mol. The zero-order valence-corrected chi connectivity index (χ0v) is 13.3. The summed E-state index contributed by atoms with van der Waals surface area (Å²) in [5.74, 6) is 0.346. The average Bonchev–Trinajstić information content (AvgIpc) is 2.39. The molecule has 1 N–H and O–H groups in total. The summed E-state index contributed by atoms with van der Waals surface area (Å²) in [5.41, 5.74) is 0. The predicted octanol–water partition coefficient (Wildman–Crippen LogP) is 6.93. The summed E-state index contributed by atoms with van der Waals surface area (Å²) in [6, 6.07) is 0. The van der Waals surface area contributed by atoms with Gasteiger partial charge in [0.05, 0.1) is 5.76 Å². The highest BCUT2D eigenvalue weighted by Crippen LogP contribution is 2.13. The molecule has 19 heavy (non-hydrogen) atoms. The predicted molar refractivity (Wildman–Crippen MR) is 86.7 cm³/mol. The van der Waals surface area contributed by atoms with Crippen molar-refractivity contribution in [2.24, 2.45) is 0 Å². The Labute approximate surface area is 121 Å². The number of allylic oxidation sites excluding steroid dienone is 1. The third kappa shape index (κ3) is 17.5. The molecule has 0 saturated carbocycles. The maximum Gasteiger partial charge on any atom is 0.0851 e. The van der Waals surface area contributed by atoms with E-state index in [4.69, 9.17) is 5.11 Å². The first-order chi connectivity index (χ1) is 9.27. The zero-order valence-electron chi connectivity index (χ0n) is 13.3. The Balaban J connectivity index is 2.93. The van der Waals surface area contributed by atoms with Crippen molar-refractivity contribution < 1.29 is 5.11 Å². The Morgan fingerprint density at radius 3 is 1.26 bits per heavy atom. The highest BCUT2D eigenvalue weighted by Gasteiger charge is 1.94. The fourth-order valence-corrected chi connectivity index (χ4v) is 2.52. The molecule has 0 aliphatic rings. The van der Waals surface area contributed by atoms with Crippen LogP contribution in [0.1, 0.15) is 103 Å². The van der Waals surface area contributed by atoms with Crippen LogP contribution in [0, 0.1) is 0 Å². The maximum absolute atomic E-state index is 8.95. The molecular formula is C18H36O. The Bertz CT molecular complexity index is 186. The molecule has 0 bridgehead atoms. The van der Waals surface area contributed by atoms with E-state index in [1.165, 1.54) is 83.5 Å². The van der Waals surface area contributed by atoms with Crippen LogP contribution in [0.15, 0.2) is 12.3 Å². The van der Waals surface area contributed by atoms with Gasteiger partial charge in [0.1, 0.15) is 0 Å². The summed E-state index contributed by atoms with van der Waals surface area (Å²) in [6.07, 6.45) is 20.1. The molecule has 0 fully saturated rings. The molecule has 0 heterocycles. The van der Waals surface area contributed by atoms with Crippen LogP contribution in [0.5, 0.6) is 0 Å². The first-order valence-corrected chi connectivity index (χ1v) is 8.64. The molecule has 1 heteroatoms. The number of aliphatic hydroxyl groups is 1. The minimum Gasteiger partial charge on any atom is -0.513 e. The van der Waals surface area contributed by atoms with E-state index in [1.807, 2.05) is 0 Å². The monoisotopic (exact) mass is 268 g/mol. The number of rotatable bonds is 15. The molecule has 0 spiro atoms. The third-order valence-corrected chi connectivity index (χ3v) is 3.82. The van der Waals surface area contributed by atoms with Crippen molar-refractivity contribution in [3.63, 3.8) is 0 Å². The van der Waals surface area contributed by atoms with E-state index in [0.29, 0.717) is 5.76 Å². The summed E-state index contributed by atoms with van der Waals surface area (Å²) in [5, 5.41) is 8.95. The van der Waals surface area contributed by atoms with Crippen LogP contribution in [0.25, 0.3) is 0 Å². The molecule has 0 aromatic rings. The van der Waals surface area contributed by atoms with Crippen LogP contribution in [-0.2, 0) is 0 Å². The number of unbranched alkanes of at least 4 members (excludes halogenated alkanes) is 13. The van der Waals surface area contributed by atoms with Crippen LogP contribution in [0.2, 0.25) is 0 Å². The van der Waals surface area contributed by atoms with E-state index in [2.05, 4.69) is 13.5 Å². The van der Waals surface area contributed by atoms with Gasteiger partial charge in [-0.25, -0.2) is 0 Å². The van der Waals surface area contributed by atoms with E-state index in [-0.39, 0.29) is 0 Å². The summed E-state index contributed by atoms with van der Waals surface area (Å²) in [7, 11) is 0. The molecule has 0 saturated heterocycles. The van der Waals surface area contributed by atoms with Crippen molar-refractivity contribution in [1.82, 2.24) is 0 Å². The smallest absolute Gasteiger partial charge is 0.0851 e. The number of aliphatic hydroxyl groups excluding tert-OH is 1. The Kier molecular flexibility index (Phi) is 15.2. The molecule has 0 aromatic carbocycles. The van der Waals surface area contributed by atoms with Gasteiger partial charge in [-0.05, 0) is 6.42 Å². The van der Waals surface area contributed by atoms with Gasteiger partial charge in [0.25, 0.3) is 0 Å². The van der Waals surface area contributed by atoms with Gasteiger partial charge in [0.15, 0.2) is 0 Å². The second kappa shape index (κ2) is 15.6. The van der Waals surface area contributed by atoms with Gasteiger partial charge >= 0.3 is 0 Å². The lowest BCUT2D eigenvalue weighted by molar-refractivity contribution is 0.383. The van der Waals surface area contributed by atoms with Crippen LogP contribution in [-0.4, -0.2) is 5.11 Å². The van der Waals surface area contributed by atoms with Crippen molar-refractivity contribution in [1.29, 1.82) is 0 Å². The lowest BCUT2D eigenvalue weighted by atomic mass is 10.0. The van der Waals surface area contributed by atoms with E-state index in [9.17, 15) is 0 Å². The fraction of sp³-hybridized carbons (Fsp3) is 0.889. The van der Waals surface area contributed by atoms with Gasteiger partial charge in [-0.1, -0.05) is 97.0 Å². The SMILES string of the molecule is C=C(O)CCCCCCCCCCCCCCCC. The van der Waals surface area contributed by atoms with Crippen molar-refractivity contribution in [3.8, 4) is 0 Å². The van der Waals surface area contributed by atoms with Crippen LogP contribution in [0.3, 0.4) is 0 Å². The fourth-order valence-electron chi connectivity index (χ4n) is 2.52. The van der Waals surface area contributed by atoms with Crippen molar-refractivity contribution in [2.45, 2.75) is 103 Å². The Morgan fingerprint density at radius 1 is 0.632 bits per heavy atom. The molecule has 0 aromatic heterocycles. The van der Waals surface area contributed by atoms with Crippen LogP contribution < -0.4 is 0 Å². The molecule has 0 aliphatic carbocycles. The van der Waals surface area contributed by atoms with Gasteiger partial charge in [-0.2, -0.15) is 0 Å². The van der Waals surface area contributed by atoms with Gasteiger partial charge < -0.3 is 5.11 Å². The molecule has 0 aliphatic heterocycles. The maximum atomic E-state index is 8.95. The largest absolute Gasteiger partial charge is 0.513 e. The zero-order chi connectivity index (χ0) is 14.2. The molecule has 0 atom stereocenters. The Morgan fingerprint density at radius 2 is 0.947 bits per heavy atom. The van der Waals surface area contributed by atoms with Crippen molar-refractivity contribution in [3.05, 3.63) is 12.3 Å². The molecule has 114 valence electrons. The first kappa shape index (κ1) is 18.5. The quantitative estimate of drug-likeness (QED) is 0.252. The summed E-state index contributed by atoms with van der Waals surface area (Å²) < 4.78 is 0. The summed E-state index contributed by atoms with van der Waals surface area (Å²) in [4.78, 5) is 0. The normalized spacial score (nSPS) is 10.8. The van der Waals surface area contributed by atoms with Crippen LogP contribution >= 0.6 is 0 Å². The van der Waals surface area contributed by atoms with E-state index >= 15 is 0 Å². The van der Waals surface area contributed by atoms with E-state index in [1.54, 1.807) is 0 Å².